The number of hydrogen-bond acceptors (Lipinski definition) is 6. The van der Waals surface area contributed by atoms with Gasteiger partial charge < -0.3 is 9.30 Å². The number of thioether (sulfide) groups is 2. The summed E-state index contributed by atoms with van der Waals surface area (Å²) in [6.45, 7) is 4.52. The van der Waals surface area contributed by atoms with Crippen LogP contribution in [0, 0.1) is 0 Å². The van der Waals surface area contributed by atoms with E-state index < -0.39 is 0 Å². The van der Waals surface area contributed by atoms with Crippen molar-refractivity contribution >= 4 is 29.5 Å². The molecule has 0 aliphatic heterocycles. The summed E-state index contributed by atoms with van der Waals surface area (Å²) < 4.78 is 6.82. The third-order valence-electron chi connectivity index (χ3n) is 3.96. The maximum absolute atomic E-state index is 11.5. The normalized spacial score (nSPS) is 10.6. The summed E-state index contributed by atoms with van der Waals surface area (Å²) in [7, 11) is 1.38. The van der Waals surface area contributed by atoms with Gasteiger partial charge in [0.2, 0.25) is 0 Å². The molecule has 0 saturated heterocycles. The zero-order chi connectivity index (χ0) is 19.8. The van der Waals surface area contributed by atoms with Crippen molar-refractivity contribution in [1.29, 1.82) is 0 Å². The zero-order valence-corrected chi connectivity index (χ0v) is 17.2. The molecule has 0 spiro atoms. The van der Waals surface area contributed by atoms with Crippen molar-refractivity contribution in [2.45, 2.75) is 28.1 Å². The lowest BCUT2D eigenvalue weighted by Gasteiger charge is -2.08. The average Bonchev–Trinajstić information content (AvgIpc) is 3.13. The van der Waals surface area contributed by atoms with Crippen molar-refractivity contribution in [1.82, 2.24) is 14.8 Å². The quantitative estimate of drug-likeness (QED) is 0.285. The lowest BCUT2D eigenvalue weighted by Crippen LogP contribution is -2.03. The third-order valence-corrected chi connectivity index (χ3v) is 6.01. The molecule has 0 radical (unpaired) electrons. The van der Waals surface area contributed by atoms with E-state index in [0.717, 1.165) is 28.0 Å². The Labute approximate surface area is 173 Å². The minimum absolute atomic E-state index is 0.328. The minimum Gasteiger partial charge on any atom is -0.465 e. The summed E-state index contributed by atoms with van der Waals surface area (Å²) >= 11 is 3.36. The summed E-state index contributed by atoms with van der Waals surface area (Å²) in [6, 6.07) is 17.7. The van der Waals surface area contributed by atoms with Gasteiger partial charge in [-0.05, 0) is 29.8 Å². The summed E-state index contributed by atoms with van der Waals surface area (Å²) in [5, 5.41) is 9.60. The van der Waals surface area contributed by atoms with E-state index in [2.05, 4.69) is 33.5 Å². The second-order valence-electron chi connectivity index (χ2n) is 5.88. The third kappa shape index (κ3) is 5.27. The van der Waals surface area contributed by atoms with Crippen molar-refractivity contribution in [3.63, 3.8) is 0 Å². The van der Waals surface area contributed by atoms with Crippen LogP contribution in [-0.4, -0.2) is 27.8 Å². The Hall–Kier alpha value is -2.51. The fourth-order valence-electron chi connectivity index (χ4n) is 2.51. The highest BCUT2D eigenvalue weighted by molar-refractivity contribution is 7.98. The van der Waals surface area contributed by atoms with E-state index in [0.29, 0.717) is 12.1 Å². The van der Waals surface area contributed by atoms with Gasteiger partial charge in [-0.1, -0.05) is 48.2 Å². The number of methoxy groups -OCH3 is 1. The van der Waals surface area contributed by atoms with Gasteiger partial charge in [-0.25, -0.2) is 4.79 Å². The number of aromatic nitrogens is 3. The molecule has 0 bridgehead atoms. The molecule has 5 nitrogen and oxygen atoms in total. The SMILES string of the molecule is C=CCn1c(CSc2ccccc2)nnc1SCc1ccc(C(=O)OC)cc1. The van der Waals surface area contributed by atoms with Crippen LogP contribution in [0.4, 0.5) is 0 Å². The molecular formula is C21H21N3O2S2. The molecule has 1 heterocycles. The van der Waals surface area contributed by atoms with Crippen LogP contribution in [0.5, 0.6) is 0 Å². The maximum Gasteiger partial charge on any atom is 0.337 e. The molecule has 0 unspecified atom stereocenters. The number of nitrogens with zero attached hydrogens (tertiary/aromatic N) is 3. The number of hydrogen-bond donors (Lipinski definition) is 0. The van der Waals surface area contributed by atoms with E-state index in [1.807, 2.05) is 36.4 Å². The summed E-state index contributed by atoms with van der Waals surface area (Å²) in [6.07, 6.45) is 1.86. The molecule has 7 heteroatoms. The van der Waals surface area contributed by atoms with Gasteiger partial charge in [-0.15, -0.1) is 28.5 Å². The Bertz CT molecular complexity index is 925. The topological polar surface area (TPSA) is 57.0 Å². The molecule has 0 fully saturated rings. The zero-order valence-electron chi connectivity index (χ0n) is 15.6. The van der Waals surface area contributed by atoms with Crippen LogP contribution in [0.15, 0.2) is 77.3 Å². The first kappa shape index (κ1) is 20.2. The first-order chi connectivity index (χ1) is 13.7. The van der Waals surface area contributed by atoms with Gasteiger partial charge in [0.25, 0.3) is 0 Å². The van der Waals surface area contributed by atoms with Gasteiger partial charge in [-0.3, -0.25) is 0 Å². The molecule has 1 aromatic heterocycles. The van der Waals surface area contributed by atoms with Crippen molar-refractivity contribution in [2.24, 2.45) is 0 Å². The number of carbonyl (C=O) groups is 1. The standard InChI is InChI=1S/C21H21N3O2S2/c1-3-13-24-19(15-27-18-7-5-4-6-8-18)22-23-21(24)28-14-16-9-11-17(12-10-16)20(25)26-2/h3-12H,1,13-15H2,2H3. The van der Waals surface area contributed by atoms with Gasteiger partial charge in [-0.2, -0.15) is 0 Å². The number of ether oxygens (including phenoxy) is 1. The number of benzene rings is 2. The Kier molecular flexibility index (Phi) is 7.33. The van der Waals surface area contributed by atoms with Crippen molar-refractivity contribution in [3.8, 4) is 0 Å². The lowest BCUT2D eigenvalue weighted by atomic mass is 10.1. The number of esters is 1. The van der Waals surface area contributed by atoms with Crippen LogP contribution in [-0.2, 0) is 22.8 Å². The molecule has 3 rings (SSSR count). The largest absolute Gasteiger partial charge is 0.465 e. The first-order valence-corrected chi connectivity index (χ1v) is 10.7. The second-order valence-corrected chi connectivity index (χ2v) is 7.87. The molecule has 28 heavy (non-hydrogen) atoms. The number of carbonyl (C=O) groups excluding carboxylic acids is 1. The molecule has 0 atom stereocenters. The highest BCUT2D eigenvalue weighted by atomic mass is 32.2. The van der Waals surface area contributed by atoms with Gasteiger partial charge in [0.05, 0.1) is 18.4 Å². The van der Waals surface area contributed by atoms with E-state index in [1.165, 1.54) is 12.0 Å². The van der Waals surface area contributed by atoms with Crippen molar-refractivity contribution < 1.29 is 9.53 Å². The second kappa shape index (κ2) is 10.1. The molecular weight excluding hydrogens is 390 g/mol. The van der Waals surface area contributed by atoms with Gasteiger partial charge in [0, 0.05) is 17.2 Å². The van der Waals surface area contributed by atoms with Gasteiger partial charge in [0.1, 0.15) is 5.82 Å². The molecule has 0 amide bonds. The average molecular weight is 412 g/mol. The fraction of sp³-hybridized carbons (Fsp3) is 0.190. The number of rotatable bonds is 9. The molecule has 0 saturated carbocycles. The van der Waals surface area contributed by atoms with Gasteiger partial charge in [0.15, 0.2) is 5.16 Å². The van der Waals surface area contributed by atoms with Crippen LogP contribution in [0.3, 0.4) is 0 Å². The van der Waals surface area contributed by atoms with E-state index >= 15 is 0 Å². The Morgan fingerprint density at radius 3 is 2.50 bits per heavy atom. The van der Waals surface area contributed by atoms with E-state index in [-0.39, 0.29) is 5.97 Å². The predicted molar refractivity (Wildman–Crippen MR) is 114 cm³/mol. The number of allylic oxidation sites excluding steroid dienone is 1. The highest BCUT2D eigenvalue weighted by Crippen LogP contribution is 2.26. The molecule has 0 aliphatic carbocycles. The smallest absolute Gasteiger partial charge is 0.337 e. The Morgan fingerprint density at radius 2 is 1.82 bits per heavy atom. The highest BCUT2D eigenvalue weighted by Gasteiger charge is 2.13. The summed E-state index contributed by atoms with van der Waals surface area (Å²) in [5.41, 5.74) is 1.65. The van der Waals surface area contributed by atoms with Crippen molar-refractivity contribution in [2.75, 3.05) is 7.11 Å². The Balaban J connectivity index is 1.65. The van der Waals surface area contributed by atoms with Crippen LogP contribution in [0.2, 0.25) is 0 Å². The van der Waals surface area contributed by atoms with Crippen molar-refractivity contribution in [3.05, 3.63) is 84.2 Å². The Morgan fingerprint density at radius 1 is 1.07 bits per heavy atom. The van der Waals surface area contributed by atoms with Crippen LogP contribution in [0.1, 0.15) is 21.7 Å². The molecule has 2 aromatic carbocycles. The van der Waals surface area contributed by atoms with E-state index in [9.17, 15) is 4.79 Å². The molecule has 0 aliphatic rings. The maximum atomic E-state index is 11.5. The predicted octanol–water partition coefficient (Wildman–Crippen LogP) is 4.84. The van der Waals surface area contributed by atoms with E-state index in [1.54, 1.807) is 35.7 Å². The van der Waals surface area contributed by atoms with E-state index in [4.69, 9.17) is 4.74 Å². The fourth-order valence-corrected chi connectivity index (χ4v) is 4.29. The monoisotopic (exact) mass is 411 g/mol. The molecule has 144 valence electrons. The molecule has 0 N–H and O–H groups in total. The van der Waals surface area contributed by atoms with Gasteiger partial charge >= 0.3 is 5.97 Å². The summed E-state index contributed by atoms with van der Waals surface area (Å²) in [4.78, 5) is 12.7. The minimum atomic E-state index is -0.328. The first-order valence-electron chi connectivity index (χ1n) is 8.72. The van der Waals surface area contributed by atoms with Crippen LogP contribution in [0.25, 0.3) is 0 Å². The van der Waals surface area contributed by atoms with Crippen LogP contribution >= 0.6 is 23.5 Å². The molecule has 3 aromatic rings. The lowest BCUT2D eigenvalue weighted by molar-refractivity contribution is 0.0600. The summed E-state index contributed by atoms with van der Waals surface area (Å²) in [5.74, 6) is 2.09. The van der Waals surface area contributed by atoms with Crippen LogP contribution < -0.4 is 0 Å².